The third kappa shape index (κ3) is 4.89. The number of anilines is 2. The lowest BCUT2D eigenvalue weighted by atomic mass is 10.2. The maximum atomic E-state index is 12.0. The molecule has 3 rings (SSSR count). The topological polar surface area (TPSA) is 47.9 Å². The predicted octanol–water partition coefficient (Wildman–Crippen LogP) is 2.21. The second-order valence-corrected chi connectivity index (χ2v) is 7.98. The van der Waals surface area contributed by atoms with Gasteiger partial charge in [0.25, 0.3) is 0 Å². The first kappa shape index (κ1) is 16.7. The fraction of sp³-hybridized carbons (Fsp3) is 0.500. The highest BCUT2D eigenvalue weighted by atomic mass is 32.2. The molecular weight excluding hydrogens is 328 g/mol. The Bertz CT molecular complexity index is 568. The van der Waals surface area contributed by atoms with Crippen LogP contribution in [0.4, 0.5) is 11.4 Å². The van der Waals surface area contributed by atoms with Crippen molar-refractivity contribution in [3.63, 3.8) is 0 Å². The van der Waals surface area contributed by atoms with Crippen LogP contribution < -0.4 is 10.2 Å². The van der Waals surface area contributed by atoms with Crippen LogP contribution in [0.1, 0.15) is 0 Å². The number of amides is 1. The van der Waals surface area contributed by atoms with E-state index in [2.05, 4.69) is 39.3 Å². The molecular formula is C16H22N4OS2. The molecule has 0 radical (unpaired) electrons. The van der Waals surface area contributed by atoms with Crippen molar-refractivity contribution in [1.29, 1.82) is 0 Å². The molecule has 23 heavy (non-hydrogen) atoms. The van der Waals surface area contributed by atoms with Gasteiger partial charge < -0.3 is 15.1 Å². The quantitative estimate of drug-likeness (QED) is 0.902. The highest BCUT2D eigenvalue weighted by Crippen LogP contribution is 2.23. The molecule has 124 valence electrons. The fourth-order valence-electron chi connectivity index (χ4n) is 2.55. The van der Waals surface area contributed by atoms with Crippen molar-refractivity contribution >= 4 is 45.2 Å². The van der Waals surface area contributed by atoms with Crippen LogP contribution >= 0.6 is 23.5 Å². The molecule has 1 saturated heterocycles. The highest BCUT2D eigenvalue weighted by Gasteiger charge is 2.14. The van der Waals surface area contributed by atoms with E-state index in [4.69, 9.17) is 0 Å². The lowest BCUT2D eigenvalue weighted by molar-refractivity contribution is -0.113. The van der Waals surface area contributed by atoms with Gasteiger partial charge in [0.2, 0.25) is 5.91 Å². The van der Waals surface area contributed by atoms with Crippen molar-refractivity contribution in [3.8, 4) is 0 Å². The number of hydrogen-bond donors (Lipinski definition) is 1. The molecule has 1 amide bonds. The van der Waals surface area contributed by atoms with Gasteiger partial charge in [-0.1, -0.05) is 23.5 Å². The van der Waals surface area contributed by atoms with Gasteiger partial charge in [-0.25, -0.2) is 0 Å². The van der Waals surface area contributed by atoms with Crippen LogP contribution in [0.2, 0.25) is 0 Å². The van der Waals surface area contributed by atoms with Gasteiger partial charge in [0, 0.05) is 43.3 Å². The molecule has 0 aromatic heterocycles. The number of hydrogen-bond acceptors (Lipinski definition) is 6. The normalized spacial score (nSPS) is 18.8. The van der Waals surface area contributed by atoms with Crippen molar-refractivity contribution < 1.29 is 4.79 Å². The summed E-state index contributed by atoms with van der Waals surface area (Å²) in [5.41, 5.74) is 2.08. The first-order chi connectivity index (χ1) is 11.2. The minimum absolute atomic E-state index is 0.0255. The van der Waals surface area contributed by atoms with Crippen LogP contribution in [-0.2, 0) is 4.79 Å². The summed E-state index contributed by atoms with van der Waals surface area (Å²) in [7, 11) is 2.16. The number of carbonyl (C=O) groups is 1. The van der Waals surface area contributed by atoms with E-state index >= 15 is 0 Å². The molecule has 0 aliphatic carbocycles. The lowest BCUT2D eigenvalue weighted by Gasteiger charge is -2.34. The number of nitrogens with zero attached hydrogens (tertiary/aromatic N) is 3. The van der Waals surface area contributed by atoms with Crippen molar-refractivity contribution in [2.45, 2.75) is 0 Å². The van der Waals surface area contributed by atoms with Gasteiger partial charge in [0.15, 0.2) is 0 Å². The molecule has 0 atom stereocenters. The highest BCUT2D eigenvalue weighted by molar-refractivity contribution is 8.39. The van der Waals surface area contributed by atoms with Gasteiger partial charge in [-0.15, -0.1) is 0 Å². The largest absolute Gasteiger partial charge is 0.369 e. The SMILES string of the molecule is CN1CCN(c2ccc(NC(=O)CSC3=NCCS3)cc2)CC1. The third-order valence-corrected chi connectivity index (χ3v) is 6.16. The summed E-state index contributed by atoms with van der Waals surface area (Å²) < 4.78 is 1.03. The lowest BCUT2D eigenvalue weighted by Crippen LogP contribution is -2.44. The molecule has 0 bridgehead atoms. The summed E-state index contributed by atoms with van der Waals surface area (Å²) in [6.07, 6.45) is 0. The molecule has 2 aliphatic rings. The molecule has 0 saturated carbocycles. The zero-order chi connectivity index (χ0) is 16.1. The summed E-state index contributed by atoms with van der Waals surface area (Å²) in [5, 5.41) is 2.95. The third-order valence-electron chi connectivity index (χ3n) is 3.90. The van der Waals surface area contributed by atoms with E-state index < -0.39 is 0 Å². The summed E-state index contributed by atoms with van der Waals surface area (Å²) in [4.78, 5) is 21.0. The van der Waals surface area contributed by atoms with Crippen molar-refractivity contribution in [2.24, 2.45) is 4.99 Å². The van der Waals surface area contributed by atoms with Gasteiger partial charge in [0.1, 0.15) is 4.38 Å². The van der Waals surface area contributed by atoms with E-state index in [0.717, 1.165) is 48.5 Å². The smallest absolute Gasteiger partial charge is 0.234 e. The Labute approximate surface area is 145 Å². The van der Waals surface area contributed by atoms with Crippen LogP contribution in [0.5, 0.6) is 0 Å². The van der Waals surface area contributed by atoms with Gasteiger partial charge in [-0.2, -0.15) is 0 Å². The van der Waals surface area contributed by atoms with Crippen molar-refractivity contribution in [2.75, 3.05) is 61.5 Å². The van der Waals surface area contributed by atoms with E-state index in [-0.39, 0.29) is 5.91 Å². The zero-order valence-electron chi connectivity index (χ0n) is 13.3. The van der Waals surface area contributed by atoms with Gasteiger partial charge in [0.05, 0.1) is 12.3 Å². The van der Waals surface area contributed by atoms with E-state index in [1.54, 1.807) is 11.8 Å². The second kappa shape index (κ2) is 8.08. The molecule has 1 N–H and O–H groups in total. The molecule has 7 heteroatoms. The molecule has 2 aliphatic heterocycles. The minimum Gasteiger partial charge on any atom is -0.369 e. The standard InChI is InChI=1S/C16H22N4OS2/c1-19-7-9-20(10-8-19)14-4-2-13(3-5-14)18-15(21)12-23-16-17-6-11-22-16/h2-5H,6-12H2,1H3,(H,18,21). The Morgan fingerprint density at radius 1 is 1.26 bits per heavy atom. The average Bonchev–Trinajstić information content (AvgIpc) is 3.08. The zero-order valence-corrected chi connectivity index (χ0v) is 15.0. The molecule has 2 heterocycles. The molecule has 0 spiro atoms. The van der Waals surface area contributed by atoms with Gasteiger partial charge >= 0.3 is 0 Å². The monoisotopic (exact) mass is 350 g/mol. The average molecular weight is 351 g/mol. The first-order valence-electron chi connectivity index (χ1n) is 7.84. The number of carbonyl (C=O) groups excluding carboxylic acids is 1. The molecule has 5 nitrogen and oxygen atoms in total. The van der Waals surface area contributed by atoms with E-state index in [9.17, 15) is 4.79 Å². The van der Waals surface area contributed by atoms with E-state index in [1.807, 2.05) is 12.1 Å². The predicted molar refractivity (Wildman–Crippen MR) is 102 cm³/mol. The summed E-state index contributed by atoms with van der Waals surface area (Å²) in [5.74, 6) is 1.49. The maximum Gasteiger partial charge on any atom is 0.234 e. The van der Waals surface area contributed by atoms with Crippen LogP contribution in [-0.4, -0.2) is 66.5 Å². The van der Waals surface area contributed by atoms with Crippen LogP contribution in [0, 0.1) is 0 Å². The summed E-state index contributed by atoms with van der Waals surface area (Å²) >= 11 is 3.26. The number of thioether (sulfide) groups is 2. The Hall–Kier alpha value is -1.18. The minimum atomic E-state index is 0.0255. The van der Waals surface area contributed by atoms with Crippen LogP contribution in [0.3, 0.4) is 0 Å². The summed E-state index contributed by atoms with van der Waals surface area (Å²) in [6.45, 7) is 5.18. The number of piperazine rings is 1. The number of rotatable bonds is 4. The Morgan fingerprint density at radius 2 is 2.00 bits per heavy atom. The number of likely N-dealkylation sites (N-methyl/N-ethyl adjacent to an activating group) is 1. The van der Waals surface area contributed by atoms with Gasteiger partial charge in [-0.05, 0) is 31.3 Å². The Kier molecular flexibility index (Phi) is 5.85. The Morgan fingerprint density at radius 3 is 2.65 bits per heavy atom. The Balaban J connectivity index is 1.48. The fourth-order valence-corrected chi connectivity index (χ4v) is 4.36. The number of benzene rings is 1. The first-order valence-corrected chi connectivity index (χ1v) is 9.81. The molecule has 1 aromatic rings. The second-order valence-electron chi connectivity index (χ2n) is 5.67. The molecule has 0 unspecified atom stereocenters. The summed E-state index contributed by atoms with van der Waals surface area (Å²) in [6, 6.07) is 8.14. The molecule has 1 aromatic carbocycles. The van der Waals surface area contributed by atoms with Crippen LogP contribution in [0.15, 0.2) is 29.3 Å². The maximum absolute atomic E-state index is 12.0. The van der Waals surface area contributed by atoms with Crippen molar-refractivity contribution in [1.82, 2.24) is 4.90 Å². The number of nitrogens with one attached hydrogen (secondary N) is 1. The van der Waals surface area contributed by atoms with Gasteiger partial charge in [-0.3, -0.25) is 9.79 Å². The number of aliphatic imine (C=N–C) groups is 1. The van der Waals surface area contributed by atoms with Crippen LogP contribution in [0.25, 0.3) is 0 Å². The van der Waals surface area contributed by atoms with E-state index in [1.165, 1.54) is 17.4 Å². The van der Waals surface area contributed by atoms with E-state index in [0.29, 0.717) is 5.75 Å². The van der Waals surface area contributed by atoms with Crippen molar-refractivity contribution in [3.05, 3.63) is 24.3 Å². The molecule has 1 fully saturated rings.